The van der Waals surface area contributed by atoms with E-state index < -0.39 is 0 Å². The van der Waals surface area contributed by atoms with E-state index in [4.69, 9.17) is 14.2 Å². The van der Waals surface area contributed by atoms with E-state index in [9.17, 15) is 0 Å². The fourth-order valence-corrected chi connectivity index (χ4v) is 4.90. The normalized spacial score (nSPS) is 15.0. The number of ether oxygens (including phenoxy) is 3. The van der Waals surface area contributed by atoms with Gasteiger partial charge in [-0.1, -0.05) is 6.07 Å². The smallest absolute Gasteiger partial charge is 0.129 e. The van der Waals surface area contributed by atoms with Gasteiger partial charge in [-0.05, 0) is 37.3 Å². The Bertz CT molecular complexity index is 923. The van der Waals surface area contributed by atoms with Crippen molar-refractivity contribution in [3.63, 3.8) is 0 Å². The minimum absolute atomic E-state index is 0.605. The van der Waals surface area contributed by atoms with Crippen LogP contribution in [0.25, 0.3) is 10.2 Å². The van der Waals surface area contributed by atoms with Crippen LogP contribution in [0.1, 0.15) is 18.4 Å². The van der Waals surface area contributed by atoms with Crippen molar-refractivity contribution < 1.29 is 14.2 Å². The van der Waals surface area contributed by atoms with Gasteiger partial charge < -0.3 is 19.1 Å². The highest BCUT2D eigenvalue weighted by Crippen LogP contribution is 2.38. The van der Waals surface area contributed by atoms with Gasteiger partial charge in [0.25, 0.3) is 0 Å². The molecule has 1 aliphatic rings. The second kappa shape index (κ2) is 8.27. The first kappa shape index (κ1) is 18.9. The van der Waals surface area contributed by atoms with Gasteiger partial charge in [-0.2, -0.15) is 0 Å². The van der Waals surface area contributed by atoms with E-state index in [1.807, 2.05) is 17.6 Å². The fraction of sp³-hybridized carbons (Fsp3) is 0.409. The zero-order chi connectivity index (χ0) is 19.5. The summed E-state index contributed by atoms with van der Waals surface area (Å²) in [5.74, 6) is 3.04. The highest BCUT2D eigenvalue weighted by atomic mass is 32.1. The molecule has 2 aromatic carbocycles. The molecule has 5 nitrogen and oxygen atoms in total. The first-order valence-corrected chi connectivity index (χ1v) is 10.5. The number of rotatable bonds is 6. The van der Waals surface area contributed by atoms with E-state index in [2.05, 4.69) is 28.1 Å². The lowest BCUT2D eigenvalue weighted by Crippen LogP contribution is -2.34. The number of thiazole rings is 1. The predicted molar refractivity (Wildman–Crippen MR) is 114 cm³/mol. The Morgan fingerprint density at radius 2 is 1.75 bits per heavy atom. The number of methoxy groups -OCH3 is 3. The van der Waals surface area contributed by atoms with E-state index in [1.54, 1.807) is 32.7 Å². The standard InChI is InChI=1S/C22H26N2O3S/c1-25-16-12-20(26-2)17(21(13-16)27-3)11-15-7-9-24(10-8-15)19-6-4-5-18-22(19)28-14-23-18/h4-6,12-15H,7-11H2,1-3H3. The molecule has 4 rings (SSSR count). The van der Waals surface area contributed by atoms with E-state index >= 15 is 0 Å². The number of piperidine rings is 1. The second-order valence-corrected chi connectivity index (χ2v) is 7.98. The van der Waals surface area contributed by atoms with Crippen LogP contribution in [-0.2, 0) is 6.42 Å². The Kier molecular flexibility index (Phi) is 5.57. The third-order valence-electron chi connectivity index (χ3n) is 5.60. The second-order valence-electron chi connectivity index (χ2n) is 7.12. The van der Waals surface area contributed by atoms with Crippen LogP contribution < -0.4 is 19.1 Å². The molecule has 0 unspecified atom stereocenters. The number of aromatic nitrogens is 1. The van der Waals surface area contributed by atoms with Gasteiger partial charge in [-0.25, -0.2) is 4.98 Å². The molecule has 0 aliphatic carbocycles. The topological polar surface area (TPSA) is 43.8 Å². The third kappa shape index (κ3) is 3.61. The van der Waals surface area contributed by atoms with Crippen molar-refractivity contribution in [1.29, 1.82) is 0 Å². The molecule has 1 fully saturated rings. The summed E-state index contributed by atoms with van der Waals surface area (Å²) in [5, 5.41) is 0. The van der Waals surface area contributed by atoms with Gasteiger partial charge in [0.15, 0.2) is 0 Å². The van der Waals surface area contributed by atoms with E-state index in [1.165, 1.54) is 10.4 Å². The number of fused-ring (bicyclic) bond motifs is 1. The minimum Gasteiger partial charge on any atom is -0.496 e. The molecule has 3 aromatic rings. The maximum atomic E-state index is 5.63. The molecule has 6 heteroatoms. The highest BCUT2D eigenvalue weighted by Gasteiger charge is 2.24. The number of hydrogen-bond acceptors (Lipinski definition) is 6. The Morgan fingerprint density at radius 1 is 1.04 bits per heavy atom. The highest BCUT2D eigenvalue weighted by molar-refractivity contribution is 7.17. The molecule has 0 bridgehead atoms. The quantitative estimate of drug-likeness (QED) is 0.598. The van der Waals surface area contributed by atoms with E-state index in [-0.39, 0.29) is 0 Å². The van der Waals surface area contributed by atoms with E-state index in [0.29, 0.717) is 5.92 Å². The summed E-state index contributed by atoms with van der Waals surface area (Å²) in [4.78, 5) is 6.95. The lowest BCUT2D eigenvalue weighted by molar-refractivity contribution is 0.351. The molecule has 0 radical (unpaired) electrons. The third-order valence-corrected chi connectivity index (χ3v) is 6.47. The van der Waals surface area contributed by atoms with Gasteiger partial charge in [0.2, 0.25) is 0 Å². The lowest BCUT2D eigenvalue weighted by atomic mass is 9.89. The summed E-state index contributed by atoms with van der Waals surface area (Å²) in [6, 6.07) is 10.3. The van der Waals surface area contributed by atoms with Gasteiger partial charge in [0, 0.05) is 30.8 Å². The molecule has 1 aromatic heterocycles. The molecule has 28 heavy (non-hydrogen) atoms. The monoisotopic (exact) mass is 398 g/mol. The zero-order valence-electron chi connectivity index (χ0n) is 16.6. The van der Waals surface area contributed by atoms with Crippen LogP contribution in [0.4, 0.5) is 5.69 Å². The number of benzene rings is 2. The Morgan fingerprint density at radius 3 is 2.39 bits per heavy atom. The maximum Gasteiger partial charge on any atom is 0.129 e. The molecule has 1 aliphatic heterocycles. The number of hydrogen-bond donors (Lipinski definition) is 0. The van der Waals surface area contributed by atoms with Crippen molar-refractivity contribution in [3.8, 4) is 17.2 Å². The molecule has 0 spiro atoms. The summed E-state index contributed by atoms with van der Waals surface area (Å²) < 4.78 is 17.9. The van der Waals surface area contributed by atoms with Gasteiger partial charge >= 0.3 is 0 Å². The number of anilines is 1. The van der Waals surface area contributed by atoms with Crippen LogP contribution >= 0.6 is 11.3 Å². The summed E-state index contributed by atoms with van der Waals surface area (Å²) in [6.45, 7) is 2.12. The van der Waals surface area contributed by atoms with Gasteiger partial charge in [0.1, 0.15) is 17.2 Å². The van der Waals surface area contributed by atoms with Gasteiger partial charge in [-0.3, -0.25) is 0 Å². The lowest BCUT2D eigenvalue weighted by Gasteiger charge is -2.34. The van der Waals surface area contributed by atoms with Crippen molar-refractivity contribution in [1.82, 2.24) is 4.98 Å². The molecule has 2 heterocycles. The maximum absolute atomic E-state index is 5.63. The summed E-state index contributed by atoms with van der Waals surface area (Å²) in [6.07, 6.45) is 3.25. The average Bonchev–Trinajstić information content (AvgIpc) is 3.23. The van der Waals surface area contributed by atoms with Gasteiger partial charge in [-0.15, -0.1) is 11.3 Å². The Hall–Kier alpha value is -2.47. The summed E-state index contributed by atoms with van der Waals surface area (Å²) in [5.41, 5.74) is 5.48. The molecule has 1 saturated heterocycles. The first-order chi connectivity index (χ1) is 13.7. The molecule has 0 N–H and O–H groups in total. The van der Waals surface area contributed by atoms with Crippen LogP contribution in [0.3, 0.4) is 0 Å². The van der Waals surface area contributed by atoms with Crippen molar-refractivity contribution in [2.24, 2.45) is 5.92 Å². The SMILES string of the molecule is COc1cc(OC)c(CC2CCN(c3cccc4ncsc34)CC2)c(OC)c1. The number of nitrogens with zero attached hydrogens (tertiary/aromatic N) is 2. The Labute approximate surface area is 169 Å². The van der Waals surface area contributed by atoms with Crippen molar-refractivity contribution in [3.05, 3.63) is 41.4 Å². The van der Waals surface area contributed by atoms with Crippen LogP contribution in [0.2, 0.25) is 0 Å². The van der Waals surface area contributed by atoms with Crippen LogP contribution in [0.5, 0.6) is 17.2 Å². The zero-order valence-corrected chi connectivity index (χ0v) is 17.4. The molecule has 0 saturated carbocycles. The predicted octanol–water partition coefficient (Wildman–Crippen LogP) is 4.78. The fourth-order valence-electron chi connectivity index (χ4n) is 4.07. The largest absolute Gasteiger partial charge is 0.496 e. The first-order valence-electron chi connectivity index (χ1n) is 9.59. The van der Waals surface area contributed by atoms with Crippen molar-refractivity contribution in [2.75, 3.05) is 39.3 Å². The minimum atomic E-state index is 0.605. The molecular weight excluding hydrogens is 372 g/mol. The van der Waals surface area contributed by atoms with Crippen LogP contribution in [0, 0.1) is 5.92 Å². The van der Waals surface area contributed by atoms with Crippen LogP contribution in [-0.4, -0.2) is 39.4 Å². The summed E-state index contributed by atoms with van der Waals surface area (Å²) >= 11 is 1.73. The summed E-state index contributed by atoms with van der Waals surface area (Å²) in [7, 11) is 5.07. The van der Waals surface area contributed by atoms with E-state index in [0.717, 1.165) is 60.7 Å². The molecular formula is C22H26N2O3S. The van der Waals surface area contributed by atoms with Crippen LogP contribution in [0.15, 0.2) is 35.8 Å². The Balaban J connectivity index is 1.48. The van der Waals surface area contributed by atoms with Gasteiger partial charge in [0.05, 0.1) is 42.7 Å². The molecule has 0 atom stereocenters. The average molecular weight is 399 g/mol. The molecule has 148 valence electrons. The molecule has 0 amide bonds. The van der Waals surface area contributed by atoms with Crippen molar-refractivity contribution >= 4 is 27.2 Å². The van der Waals surface area contributed by atoms with Crippen molar-refractivity contribution in [2.45, 2.75) is 19.3 Å².